The van der Waals surface area contributed by atoms with Gasteiger partial charge in [-0.25, -0.2) is 0 Å². The molecule has 1 aliphatic carbocycles. The lowest BCUT2D eigenvalue weighted by molar-refractivity contribution is -0.384. The lowest BCUT2D eigenvalue weighted by Crippen LogP contribution is -2.46. The number of amides is 2. The maximum atomic E-state index is 11.7. The third kappa shape index (κ3) is 3.06. The Bertz CT molecular complexity index is 525. The fourth-order valence-electron chi connectivity index (χ4n) is 1.72. The van der Waals surface area contributed by atoms with Crippen LogP contribution < -0.4 is 10.9 Å². The van der Waals surface area contributed by atoms with Crippen molar-refractivity contribution in [2.75, 3.05) is 0 Å². The van der Waals surface area contributed by atoms with E-state index in [4.69, 9.17) is 0 Å². The Morgan fingerprint density at radius 1 is 1.26 bits per heavy atom. The van der Waals surface area contributed by atoms with Crippen molar-refractivity contribution in [3.05, 3.63) is 39.9 Å². The van der Waals surface area contributed by atoms with Crippen molar-refractivity contribution in [1.82, 2.24) is 10.9 Å². The molecule has 1 saturated carbocycles. The molecular formula is C12H13N3O4. The molecule has 2 N–H and O–H groups in total. The maximum absolute atomic E-state index is 11.7. The predicted molar refractivity (Wildman–Crippen MR) is 66.0 cm³/mol. The van der Waals surface area contributed by atoms with Gasteiger partial charge in [0.15, 0.2) is 0 Å². The number of nitro benzene ring substituents is 1. The van der Waals surface area contributed by atoms with Crippen LogP contribution in [0.15, 0.2) is 24.3 Å². The lowest BCUT2D eigenvalue weighted by atomic mass is 9.85. The van der Waals surface area contributed by atoms with Crippen molar-refractivity contribution in [3.8, 4) is 0 Å². The zero-order chi connectivity index (χ0) is 13.8. The minimum atomic E-state index is -0.580. The van der Waals surface area contributed by atoms with Crippen LogP contribution in [0.25, 0.3) is 0 Å². The number of nitrogens with one attached hydrogen (secondary N) is 2. The van der Waals surface area contributed by atoms with Crippen LogP contribution in [0.1, 0.15) is 29.6 Å². The van der Waals surface area contributed by atoms with E-state index >= 15 is 0 Å². The molecule has 2 amide bonds. The first-order chi connectivity index (χ1) is 9.08. The second-order valence-electron chi connectivity index (χ2n) is 4.38. The second-order valence-corrected chi connectivity index (χ2v) is 4.38. The highest BCUT2D eigenvalue weighted by Crippen LogP contribution is 2.25. The SMILES string of the molecule is O=C(NNC(=O)C1CCC1)c1cccc([N+](=O)[O-])c1. The number of benzene rings is 1. The molecule has 1 aromatic rings. The standard InChI is InChI=1S/C12H13N3O4/c16-11(8-3-1-4-8)13-14-12(17)9-5-2-6-10(7-9)15(18)19/h2,5-8H,1,3-4H2,(H,13,16)(H,14,17). The summed E-state index contributed by atoms with van der Waals surface area (Å²) in [5, 5.41) is 10.6. The number of carbonyl (C=O) groups is 2. The molecule has 0 heterocycles. The Hall–Kier alpha value is -2.44. The largest absolute Gasteiger partial charge is 0.273 e. The quantitative estimate of drug-likeness (QED) is 0.631. The van der Waals surface area contributed by atoms with Crippen molar-refractivity contribution < 1.29 is 14.5 Å². The van der Waals surface area contributed by atoms with Gasteiger partial charge in [-0.05, 0) is 18.9 Å². The van der Waals surface area contributed by atoms with Crippen molar-refractivity contribution >= 4 is 17.5 Å². The van der Waals surface area contributed by atoms with Gasteiger partial charge in [0.05, 0.1) is 4.92 Å². The van der Waals surface area contributed by atoms with Gasteiger partial charge in [-0.1, -0.05) is 12.5 Å². The summed E-state index contributed by atoms with van der Waals surface area (Å²) in [6.45, 7) is 0. The summed E-state index contributed by atoms with van der Waals surface area (Å²) in [6, 6.07) is 5.31. The summed E-state index contributed by atoms with van der Waals surface area (Å²) in [6.07, 6.45) is 2.69. The molecule has 1 aliphatic rings. The van der Waals surface area contributed by atoms with Gasteiger partial charge in [-0.3, -0.25) is 30.6 Å². The van der Waals surface area contributed by atoms with Gasteiger partial charge in [0, 0.05) is 23.6 Å². The van der Waals surface area contributed by atoms with Crippen LogP contribution in [-0.2, 0) is 4.79 Å². The van der Waals surface area contributed by atoms with Crippen LogP contribution in [0.4, 0.5) is 5.69 Å². The van der Waals surface area contributed by atoms with E-state index < -0.39 is 10.8 Å². The first-order valence-electron chi connectivity index (χ1n) is 5.92. The van der Waals surface area contributed by atoms with Gasteiger partial charge < -0.3 is 0 Å². The van der Waals surface area contributed by atoms with E-state index in [2.05, 4.69) is 10.9 Å². The molecule has 7 nitrogen and oxygen atoms in total. The molecule has 1 fully saturated rings. The highest BCUT2D eigenvalue weighted by molar-refractivity contribution is 5.96. The topological polar surface area (TPSA) is 101 Å². The molecule has 0 unspecified atom stereocenters. The van der Waals surface area contributed by atoms with Crippen LogP contribution in [0.3, 0.4) is 0 Å². The van der Waals surface area contributed by atoms with Crippen LogP contribution in [0.5, 0.6) is 0 Å². The van der Waals surface area contributed by atoms with E-state index in [-0.39, 0.29) is 23.1 Å². The summed E-state index contributed by atoms with van der Waals surface area (Å²) in [7, 11) is 0. The third-order valence-electron chi connectivity index (χ3n) is 3.09. The first-order valence-corrected chi connectivity index (χ1v) is 5.92. The fraction of sp³-hybridized carbons (Fsp3) is 0.333. The average molecular weight is 263 g/mol. The number of nitro groups is 1. The first kappa shape index (κ1) is 13.0. The Balaban J connectivity index is 1.93. The summed E-state index contributed by atoms with van der Waals surface area (Å²) in [5.41, 5.74) is 4.54. The molecule has 0 aliphatic heterocycles. The molecular weight excluding hydrogens is 250 g/mol. The van der Waals surface area contributed by atoms with E-state index in [0.29, 0.717) is 0 Å². The molecule has 0 bridgehead atoms. The lowest BCUT2D eigenvalue weighted by Gasteiger charge is -2.23. The van der Waals surface area contributed by atoms with Crippen LogP contribution in [0, 0.1) is 16.0 Å². The molecule has 0 spiro atoms. The van der Waals surface area contributed by atoms with Gasteiger partial charge in [-0.15, -0.1) is 0 Å². The highest BCUT2D eigenvalue weighted by atomic mass is 16.6. The molecule has 0 atom stereocenters. The van der Waals surface area contributed by atoms with Crippen LogP contribution >= 0.6 is 0 Å². The monoisotopic (exact) mass is 263 g/mol. The number of hydrazine groups is 1. The Labute approximate surface area is 109 Å². The molecule has 0 saturated heterocycles. The molecule has 2 rings (SSSR count). The fourth-order valence-corrected chi connectivity index (χ4v) is 1.72. The van der Waals surface area contributed by atoms with Gasteiger partial charge >= 0.3 is 0 Å². The van der Waals surface area contributed by atoms with Crippen molar-refractivity contribution in [2.24, 2.45) is 5.92 Å². The number of hydrogen-bond donors (Lipinski definition) is 2. The van der Waals surface area contributed by atoms with E-state index in [1.54, 1.807) is 0 Å². The number of non-ortho nitro benzene ring substituents is 1. The Kier molecular flexibility index (Phi) is 3.74. The Morgan fingerprint density at radius 3 is 2.58 bits per heavy atom. The highest BCUT2D eigenvalue weighted by Gasteiger charge is 2.25. The molecule has 7 heteroatoms. The van der Waals surface area contributed by atoms with Gasteiger partial charge in [0.25, 0.3) is 11.6 Å². The average Bonchev–Trinajstić information content (AvgIpc) is 2.34. The van der Waals surface area contributed by atoms with Crippen molar-refractivity contribution in [3.63, 3.8) is 0 Å². The minimum absolute atomic E-state index is 0.0367. The van der Waals surface area contributed by atoms with Crippen LogP contribution in [-0.4, -0.2) is 16.7 Å². The summed E-state index contributed by atoms with van der Waals surface area (Å²) in [5.74, 6) is -0.827. The molecule has 0 radical (unpaired) electrons. The normalized spacial score (nSPS) is 14.3. The maximum Gasteiger partial charge on any atom is 0.270 e. The number of nitrogens with zero attached hydrogens (tertiary/aromatic N) is 1. The molecule has 0 aromatic heterocycles. The van der Waals surface area contributed by atoms with E-state index in [9.17, 15) is 19.7 Å². The summed E-state index contributed by atoms with van der Waals surface area (Å²) in [4.78, 5) is 33.2. The number of carbonyl (C=O) groups excluding carboxylic acids is 2. The van der Waals surface area contributed by atoms with E-state index in [1.807, 2.05) is 0 Å². The molecule has 19 heavy (non-hydrogen) atoms. The number of hydrogen-bond acceptors (Lipinski definition) is 4. The zero-order valence-corrected chi connectivity index (χ0v) is 10.1. The van der Waals surface area contributed by atoms with Gasteiger partial charge in [-0.2, -0.15) is 0 Å². The summed E-state index contributed by atoms with van der Waals surface area (Å²) < 4.78 is 0. The minimum Gasteiger partial charge on any atom is -0.273 e. The smallest absolute Gasteiger partial charge is 0.270 e. The molecule has 100 valence electrons. The Morgan fingerprint density at radius 2 is 2.00 bits per heavy atom. The van der Waals surface area contributed by atoms with E-state index in [1.165, 1.54) is 18.2 Å². The van der Waals surface area contributed by atoms with Gasteiger partial charge in [0.1, 0.15) is 0 Å². The summed E-state index contributed by atoms with van der Waals surface area (Å²) >= 11 is 0. The molecule has 1 aromatic carbocycles. The third-order valence-corrected chi connectivity index (χ3v) is 3.09. The predicted octanol–water partition coefficient (Wildman–Crippen LogP) is 1.16. The van der Waals surface area contributed by atoms with Crippen LogP contribution in [0.2, 0.25) is 0 Å². The van der Waals surface area contributed by atoms with Gasteiger partial charge in [0.2, 0.25) is 5.91 Å². The van der Waals surface area contributed by atoms with Crippen molar-refractivity contribution in [2.45, 2.75) is 19.3 Å². The van der Waals surface area contributed by atoms with Crippen molar-refractivity contribution in [1.29, 1.82) is 0 Å². The van der Waals surface area contributed by atoms with E-state index in [0.717, 1.165) is 25.3 Å². The second kappa shape index (κ2) is 5.47. The number of rotatable bonds is 3. The zero-order valence-electron chi connectivity index (χ0n) is 10.1.